The van der Waals surface area contributed by atoms with Crippen LogP contribution in [-0.4, -0.2) is 4.98 Å². The normalized spacial score (nSPS) is 12.8. The van der Waals surface area contributed by atoms with Crippen molar-refractivity contribution in [2.24, 2.45) is 0 Å². The number of nitrogens with zero attached hydrogens (tertiary/aromatic N) is 2. The number of pyridine rings is 1. The van der Waals surface area contributed by atoms with Crippen LogP contribution in [0.2, 0.25) is 0 Å². The van der Waals surface area contributed by atoms with Crippen molar-refractivity contribution in [3.05, 3.63) is 265 Å². The van der Waals surface area contributed by atoms with Gasteiger partial charge in [-0.05, 0) is 109 Å². The fourth-order valence-electron chi connectivity index (χ4n) is 11.0. The summed E-state index contributed by atoms with van der Waals surface area (Å²) in [5.41, 5.74) is 21.1. The molecule has 0 atom stereocenters. The first kappa shape index (κ1) is 36.3. The van der Waals surface area contributed by atoms with Gasteiger partial charge >= 0.3 is 0 Å². The molecule has 1 spiro atoms. The number of anilines is 3. The number of aromatic nitrogens is 1. The second-order valence-electron chi connectivity index (χ2n) is 17.0. The largest absolute Gasteiger partial charge is 0.310 e. The minimum Gasteiger partial charge on any atom is -0.310 e. The molecular weight excluding hydrogens is 773 g/mol. The van der Waals surface area contributed by atoms with Gasteiger partial charge in [0.05, 0.1) is 22.3 Å². The summed E-state index contributed by atoms with van der Waals surface area (Å²) in [6.07, 6.45) is 0. The van der Waals surface area contributed by atoms with Gasteiger partial charge in [-0.1, -0.05) is 200 Å². The molecule has 10 aromatic carbocycles. The molecule has 298 valence electrons. The molecule has 13 rings (SSSR count). The van der Waals surface area contributed by atoms with Crippen molar-refractivity contribution in [1.82, 2.24) is 4.98 Å². The highest BCUT2D eigenvalue weighted by molar-refractivity contribution is 6.11. The topological polar surface area (TPSA) is 16.1 Å². The Bertz CT molecular complexity index is 3580. The predicted molar refractivity (Wildman–Crippen MR) is 267 cm³/mol. The van der Waals surface area contributed by atoms with E-state index in [4.69, 9.17) is 4.98 Å². The summed E-state index contributed by atoms with van der Waals surface area (Å²) in [6, 6.07) is 88.9. The zero-order valence-electron chi connectivity index (χ0n) is 35.0. The van der Waals surface area contributed by atoms with Crippen molar-refractivity contribution < 1.29 is 0 Å². The van der Waals surface area contributed by atoms with Crippen molar-refractivity contribution >= 4 is 38.7 Å². The highest BCUT2D eigenvalue weighted by Crippen LogP contribution is 2.64. The van der Waals surface area contributed by atoms with Crippen molar-refractivity contribution in [3.63, 3.8) is 0 Å². The maximum absolute atomic E-state index is 5.26. The molecule has 1 heterocycles. The van der Waals surface area contributed by atoms with Crippen molar-refractivity contribution in [2.45, 2.75) is 5.41 Å². The van der Waals surface area contributed by atoms with Gasteiger partial charge in [-0.15, -0.1) is 0 Å². The molecule has 0 amide bonds. The van der Waals surface area contributed by atoms with Crippen LogP contribution in [0, 0.1) is 0 Å². The first-order valence-corrected chi connectivity index (χ1v) is 22.1. The van der Waals surface area contributed by atoms with E-state index < -0.39 is 5.41 Å². The zero-order valence-corrected chi connectivity index (χ0v) is 35.0. The molecular formula is C62H40N2. The zero-order chi connectivity index (χ0) is 42.2. The lowest BCUT2D eigenvalue weighted by Crippen LogP contribution is -2.26. The summed E-state index contributed by atoms with van der Waals surface area (Å²) in [6.45, 7) is 0. The Hall–Kier alpha value is -8.33. The molecule has 2 aliphatic carbocycles. The molecule has 0 N–H and O–H groups in total. The second kappa shape index (κ2) is 14.4. The molecule has 0 saturated carbocycles. The third-order valence-electron chi connectivity index (χ3n) is 13.7. The Balaban J connectivity index is 1.01. The van der Waals surface area contributed by atoms with E-state index in [0.717, 1.165) is 50.3 Å². The number of hydrogen-bond donors (Lipinski definition) is 0. The maximum Gasteiger partial charge on any atom is 0.0788 e. The molecule has 0 bridgehead atoms. The lowest BCUT2D eigenvalue weighted by Gasteiger charge is -2.32. The van der Waals surface area contributed by atoms with Crippen molar-refractivity contribution in [2.75, 3.05) is 4.90 Å². The molecule has 64 heavy (non-hydrogen) atoms. The van der Waals surface area contributed by atoms with Crippen molar-refractivity contribution in [3.8, 4) is 55.8 Å². The quantitative estimate of drug-likeness (QED) is 0.156. The highest BCUT2D eigenvalue weighted by atomic mass is 15.1. The Morgan fingerprint density at radius 2 is 0.828 bits per heavy atom. The van der Waals surface area contributed by atoms with Gasteiger partial charge in [0.2, 0.25) is 0 Å². The lowest BCUT2D eigenvalue weighted by atomic mass is 9.70. The summed E-state index contributed by atoms with van der Waals surface area (Å²) in [5.74, 6) is 0. The van der Waals surface area contributed by atoms with E-state index in [-0.39, 0.29) is 0 Å². The summed E-state index contributed by atoms with van der Waals surface area (Å²) >= 11 is 0. The monoisotopic (exact) mass is 812 g/mol. The van der Waals surface area contributed by atoms with Crippen LogP contribution < -0.4 is 4.90 Å². The van der Waals surface area contributed by atoms with Gasteiger partial charge in [0.15, 0.2) is 0 Å². The molecule has 2 nitrogen and oxygen atoms in total. The van der Waals surface area contributed by atoms with Gasteiger partial charge in [-0.25, -0.2) is 4.98 Å². The molecule has 0 aliphatic heterocycles. The number of para-hydroxylation sites is 1. The van der Waals surface area contributed by atoms with Crippen molar-refractivity contribution in [1.29, 1.82) is 0 Å². The van der Waals surface area contributed by atoms with Crippen LogP contribution in [0.15, 0.2) is 243 Å². The van der Waals surface area contributed by atoms with Crippen LogP contribution in [0.5, 0.6) is 0 Å². The first-order chi connectivity index (χ1) is 31.8. The smallest absolute Gasteiger partial charge is 0.0788 e. The SMILES string of the molecule is c1ccc(-c2ccc(N(c3cccc(-c4cccc(-c5nc6ccccc6c6ccccc56)c4)c3)c3cccc4c3-c3ccccc3C43c4ccccc4-c4ccccc43)cc2)cc1. The van der Waals surface area contributed by atoms with Gasteiger partial charge in [-0.2, -0.15) is 0 Å². The average molecular weight is 813 g/mol. The molecule has 11 aromatic rings. The van der Waals surface area contributed by atoms with Gasteiger partial charge in [0.25, 0.3) is 0 Å². The fourth-order valence-corrected chi connectivity index (χ4v) is 11.0. The number of hydrogen-bond acceptors (Lipinski definition) is 2. The maximum atomic E-state index is 5.26. The predicted octanol–water partition coefficient (Wildman–Crippen LogP) is 16.2. The van der Waals surface area contributed by atoms with Gasteiger partial charge < -0.3 is 4.90 Å². The van der Waals surface area contributed by atoms with Crippen LogP contribution >= 0.6 is 0 Å². The molecule has 0 unspecified atom stereocenters. The van der Waals surface area contributed by atoms with E-state index in [1.165, 1.54) is 66.4 Å². The summed E-state index contributed by atoms with van der Waals surface area (Å²) in [7, 11) is 0. The van der Waals surface area contributed by atoms with Crippen LogP contribution in [0.25, 0.3) is 77.4 Å². The van der Waals surface area contributed by atoms with Gasteiger partial charge in [0.1, 0.15) is 0 Å². The third-order valence-corrected chi connectivity index (χ3v) is 13.7. The van der Waals surface area contributed by atoms with E-state index >= 15 is 0 Å². The summed E-state index contributed by atoms with van der Waals surface area (Å²) in [4.78, 5) is 7.74. The van der Waals surface area contributed by atoms with Gasteiger partial charge in [-0.3, -0.25) is 0 Å². The second-order valence-corrected chi connectivity index (χ2v) is 17.0. The van der Waals surface area contributed by atoms with E-state index in [2.05, 4.69) is 248 Å². The fraction of sp³-hybridized carbons (Fsp3) is 0.0161. The molecule has 0 saturated heterocycles. The Morgan fingerprint density at radius 3 is 1.58 bits per heavy atom. The minimum atomic E-state index is -0.443. The number of benzene rings is 10. The average Bonchev–Trinajstić information content (AvgIpc) is 3.85. The highest BCUT2D eigenvalue weighted by Gasteiger charge is 2.52. The van der Waals surface area contributed by atoms with Crippen LogP contribution in [-0.2, 0) is 5.41 Å². The molecule has 0 radical (unpaired) electrons. The molecule has 0 fully saturated rings. The van der Waals surface area contributed by atoms with E-state index in [1.54, 1.807) is 0 Å². The number of fused-ring (bicyclic) bond motifs is 13. The van der Waals surface area contributed by atoms with E-state index in [9.17, 15) is 0 Å². The van der Waals surface area contributed by atoms with Crippen LogP contribution in [0.4, 0.5) is 17.1 Å². The Kier molecular flexibility index (Phi) is 8.16. The Labute approximate surface area is 373 Å². The molecule has 2 heteroatoms. The lowest BCUT2D eigenvalue weighted by molar-refractivity contribution is 0.794. The number of rotatable bonds is 6. The van der Waals surface area contributed by atoms with Crippen LogP contribution in [0.1, 0.15) is 22.3 Å². The van der Waals surface area contributed by atoms with Gasteiger partial charge in [0, 0.05) is 33.3 Å². The van der Waals surface area contributed by atoms with E-state index in [1.807, 2.05) is 0 Å². The van der Waals surface area contributed by atoms with E-state index in [0.29, 0.717) is 0 Å². The summed E-state index contributed by atoms with van der Waals surface area (Å²) in [5, 5.41) is 3.54. The third kappa shape index (κ3) is 5.36. The minimum absolute atomic E-state index is 0.443. The van der Waals surface area contributed by atoms with Crippen LogP contribution in [0.3, 0.4) is 0 Å². The Morgan fingerprint density at radius 1 is 0.312 bits per heavy atom. The summed E-state index contributed by atoms with van der Waals surface area (Å²) < 4.78 is 0. The molecule has 2 aliphatic rings. The first-order valence-electron chi connectivity index (χ1n) is 22.1. The molecule has 1 aromatic heterocycles. The standard InChI is InChI=1S/C62H40N2/c1-2-17-41(18-3-1)42-35-37-46(38-36-42)64(47-22-15-20-44(40-47)43-19-14-21-45(39-43)61-52-27-5-4-23-48(52)51-26-9-13-33-58(51)63-61)59-34-16-32-57-60(59)53-28-8-12-31-56(53)62(57)54-29-10-6-24-49(54)50-25-7-11-30-55(50)62/h1-40H.